The summed E-state index contributed by atoms with van der Waals surface area (Å²) in [5.41, 5.74) is 7.30. The molecule has 0 spiro atoms. The van der Waals surface area contributed by atoms with E-state index in [9.17, 15) is 0 Å². The van der Waals surface area contributed by atoms with Gasteiger partial charge in [0.1, 0.15) is 5.82 Å². The SMILES string of the molecule is C=C(Cl)CNc1ncc(N)c(C)c1Br. The molecule has 1 rings (SSSR count). The molecule has 14 heavy (non-hydrogen) atoms. The number of nitrogens with one attached hydrogen (secondary N) is 1. The zero-order chi connectivity index (χ0) is 10.7. The third-order valence-electron chi connectivity index (χ3n) is 1.75. The molecule has 3 N–H and O–H groups in total. The van der Waals surface area contributed by atoms with Gasteiger partial charge < -0.3 is 11.1 Å². The van der Waals surface area contributed by atoms with Crippen LogP contribution in [0.5, 0.6) is 0 Å². The van der Waals surface area contributed by atoms with Crippen LogP contribution in [-0.2, 0) is 0 Å². The molecule has 0 fully saturated rings. The van der Waals surface area contributed by atoms with Gasteiger partial charge in [-0.25, -0.2) is 4.98 Å². The lowest BCUT2D eigenvalue weighted by Gasteiger charge is -2.09. The van der Waals surface area contributed by atoms with Crippen LogP contribution in [0.1, 0.15) is 5.56 Å². The number of nitrogens with zero attached hydrogens (tertiary/aromatic N) is 1. The number of halogens is 2. The first-order valence-electron chi connectivity index (χ1n) is 4.00. The summed E-state index contributed by atoms with van der Waals surface area (Å²) in [5, 5.41) is 3.57. The van der Waals surface area contributed by atoms with E-state index in [4.69, 9.17) is 17.3 Å². The molecule has 0 aliphatic heterocycles. The Bertz CT molecular complexity index is 365. The van der Waals surface area contributed by atoms with Crippen LogP contribution in [0.4, 0.5) is 11.5 Å². The predicted molar refractivity (Wildman–Crippen MR) is 64.6 cm³/mol. The second kappa shape index (κ2) is 4.66. The summed E-state index contributed by atoms with van der Waals surface area (Å²) in [7, 11) is 0. The van der Waals surface area contributed by atoms with E-state index in [1.807, 2.05) is 6.92 Å². The molecule has 76 valence electrons. The molecule has 0 atom stereocenters. The largest absolute Gasteiger partial charge is 0.397 e. The summed E-state index contributed by atoms with van der Waals surface area (Å²) in [6.45, 7) is 5.98. The highest BCUT2D eigenvalue weighted by atomic mass is 79.9. The van der Waals surface area contributed by atoms with Gasteiger partial charge in [0.15, 0.2) is 0 Å². The Hall–Kier alpha value is -0.740. The average Bonchev–Trinajstić information content (AvgIpc) is 2.13. The minimum atomic E-state index is 0.483. The summed E-state index contributed by atoms with van der Waals surface area (Å²) in [4.78, 5) is 4.13. The summed E-state index contributed by atoms with van der Waals surface area (Å²) in [5.74, 6) is 0.721. The molecule has 5 heteroatoms. The third kappa shape index (κ3) is 2.62. The molecule has 0 aromatic carbocycles. The molecule has 0 unspecified atom stereocenters. The molecule has 1 heterocycles. The van der Waals surface area contributed by atoms with E-state index in [1.54, 1.807) is 6.20 Å². The van der Waals surface area contributed by atoms with Crippen molar-refractivity contribution in [3.8, 4) is 0 Å². The van der Waals surface area contributed by atoms with Gasteiger partial charge in [0.25, 0.3) is 0 Å². The van der Waals surface area contributed by atoms with E-state index in [2.05, 4.69) is 32.8 Å². The van der Waals surface area contributed by atoms with E-state index in [0.717, 1.165) is 15.9 Å². The quantitative estimate of drug-likeness (QED) is 0.892. The molecular weight excluding hydrogens is 265 g/mol. The van der Waals surface area contributed by atoms with Gasteiger partial charge in [0, 0.05) is 5.03 Å². The van der Waals surface area contributed by atoms with E-state index < -0.39 is 0 Å². The number of nitrogens with two attached hydrogens (primary N) is 1. The van der Waals surface area contributed by atoms with Gasteiger partial charge in [0.05, 0.1) is 22.9 Å². The van der Waals surface area contributed by atoms with Gasteiger partial charge in [0.2, 0.25) is 0 Å². The first-order chi connectivity index (χ1) is 6.52. The van der Waals surface area contributed by atoms with Crippen molar-refractivity contribution in [1.82, 2.24) is 4.98 Å². The van der Waals surface area contributed by atoms with Crippen LogP contribution in [-0.4, -0.2) is 11.5 Å². The Morgan fingerprint density at radius 2 is 2.43 bits per heavy atom. The highest BCUT2D eigenvalue weighted by molar-refractivity contribution is 9.10. The lowest BCUT2D eigenvalue weighted by molar-refractivity contribution is 1.19. The maximum absolute atomic E-state index is 5.68. The molecule has 1 aromatic heterocycles. The molecule has 3 nitrogen and oxygen atoms in total. The van der Waals surface area contributed by atoms with Crippen molar-refractivity contribution < 1.29 is 0 Å². The molecule has 0 saturated carbocycles. The first-order valence-corrected chi connectivity index (χ1v) is 5.17. The number of pyridine rings is 1. The van der Waals surface area contributed by atoms with Gasteiger partial charge in [-0.2, -0.15) is 0 Å². The van der Waals surface area contributed by atoms with Crippen molar-refractivity contribution >= 4 is 39.0 Å². The number of anilines is 2. The summed E-state index contributed by atoms with van der Waals surface area (Å²) >= 11 is 9.03. The van der Waals surface area contributed by atoms with E-state index in [0.29, 0.717) is 17.3 Å². The summed E-state index contributed by atoms with van der Waals surface area (Å²) < 4.78 is 0.857. The lowest BCUT2D eigenvalue weighted by atomic mass is 10.2. The fraction of sp³-hybridized carbons (Fsp3) is 0.222. The number of hydrogen-bond donors (Lipinski definition) is 2. The minimum Gasteiger partial charge on any atom is -0.397 e. The number of aromatic nitrogens is 1. The fourth-order valence-electron chi connectivity index (χ4n) is 0.895. The van der Waals surface area contributed by atoms with Crippen molar-refractivity contribution in [1.29, 1.82) is 0 Å². The Labute approximate surface area is 96.5 Å². The van der Waals surface area contributed by atoms with Crippen LogP contribution in [0.25, 0.3) is 0 Å². The molecule has 0 aliphatic carbocycles. The topological polar surface area (TPSA) is 50.9 Å². The Balaban J connectivity index is 2.88. The van der Waals surface area contributed by atoms with Crippen LogP contribution in [0.15, 0.2) is 22.3 Å². The maximum atomic E-state index is 5.68. The van der Waals surface area contributed by atoms with Crippen LogP contribution < -0.4 is 11.1 Å². The molecule has 0 aliphatic rings. The zero-order valence-corrected chi connectivity index (χ0v) is 10.1. The molecular formula is C9H11BrClN3. The van der Waals surface area contributed by atoms with Crippen LogP contribution >= 0.6 is 27.5 Å². The summed E-state index contributed by atoms with van der Waals surface area (Å²) in [6.07, 6.45) is 1.61. The lowest BCUT2D eigenvalue weighted by Crippen LogP contribution is -2.05. The Morgan fingerprint density at radius 3 is 3.00 bits per heavy atom. The normalized spacial score (nSPS) is 9.93. The highest BCUT2D eigenvalue weighted by Crippen LogP contribution is 2.27. The van der Waals surface area contributed by atoms with Gasteiger partial charge in [-0.3, -0.25) is 0 Å². The number of hydrogen-bond acceptors (Lipinski definition) is 3. The van der Waals surface area contributed by atoms with Crippen molar-refractivity contribution in [3.05, 3.63) is 27.8 Å². The van der Waals surface area contributed by atoms with Gasteiger partial charge in [-0.05, 0) is 28.4 Å². The van der Waals surface area contributed by atoms with Crippen molar-refractivity contribution in [2.24, 2.45) is 0 Å². The monoisotopic (exact) mass is 275 g/mol. The standard InChI is InChI=1S/C9H11BrClN3/c1-5(11)3-13-9-8(10)6(2)7(12)4-14-9/h4H,1,3,12H2,2H3,(H,13,14). The molecule has 0 bridgehead atoms. The smallest absolute Gasteiger partial charge is 0.141 e. The predicted octanol–water partition coefficient (Wildman–Crippen LogP) is 2.90. The zero-order valence-electron chi connectivity index (χ0n) is 7.77. The van der Waals surface area contributed by atoms with Crippen LogP contribution in [0, 0.1) is 6.92 Å². The van der Waals surface area contributed by atoms with Gasteiger partial charge in [-0.15, -0.1) is 0 Å². The molecule has 0 amide bonds. The average molecular weight is 277 g/mol. The van der Waals surface area contributed by atoms with Gasteiger partial charge in [-0.1, -0.05) is 18.2 Å². The van der Waals surface area contributed by atoms with Gasteiger partial charge >= 0.3 is 0 Å². The van der Waals surface area contributed by atoms with Crippen molar-refractivity contribution in [3.63, 3.8) is 0 Å². The van der Waals surface area contributed by atoms with E-state index >= 15 is 0 Å². The maximum Gasteiger partial charge on any atom is 0.141 e. The van der Waals surface area contributed by atoms with E-state index in [-0.39, 0.29) is 0 Å². The third-order valence-corrected chi connectivity index (χ3v) is 2.85. The second-order valence-corrected chi connectivity index (χ2v) is 4.20. The molecule has 0 saturated heterocycles. The second-order valence-electron chi connectivity index (χ2n) is 2.87. The summed E-state index contributed by atoms with van der Waals surface area (Å²) in [6, 6.07) is 0. The van der Waals surface area contributed by atoms with E-state index in [1.165, 1.54) is 0 Å². The van der Waals surface area contributed by atoms with Crippen LogP contribution in [0.2, 0.25) is 0 Å². The molecule has 0 radical (unpaired) electrons. The molecule has 1 aromatic rings. The highest BCUT2D eigenvalue weighted by Gasteiger charge is 2.06. The number of rotatable bonds is 3. The fourth-order valence-corrected chi connectivity index (χ4v) is 1.43. The minimum absolute atomic E-state index is 0.483. The number of nitrogen functional groups attached to an aromatic ring is 1. The van der Waals surface area contributed by atoms with Crippen molar-refractivity contribution in [2.75, 3.05) is 17.6 Å². The van der Waals surface area contributed by atoms with Crippen molar-refractivity contribution in [2.45, 2.75) is 6.92 Å². The first kappa shape index (κ1) is 11.3. The van der Waals surface area contributed by atoms with Crippen LogP contribution in [0.3, 0.4) is 0 Å². The Kier molecular flexibility index (Phi) is 3.77. The Morgan fingerprint density at radius 1 is 1.79 bits per heavy atom.